The molecule has 0 aromatic heterocycles. The topological polar surface area (TPSA) is 86.5 Å². The van der Waals surface area contributed by atoms with E-state index >= 15 is 0 Å². The van der Waals surface area contributed by atoms with E-state index in [-0.39, 0.29) is 22.6 Å². The fourth-order valence-electron chi connectivity index (χ4n) is 2.26. The molecular formula is C17H27NO5S. The van der Waals surface area contributed by atoms with E-state index in [4.69, 9.17) is 4.18 Å². The highest BCUT2D eigenvalue weighted by atomic mass is 32.2. The average molecular weight is 357 g/mol. The first-order valence-corrected chi connectivity index (χ1v) is 9.85. The molecule has 0 aliphatic heterocycles. The third-order valence-corrected chi connectivity index (χ3v) is 4.96. The van der Waals surface area contributed by atoms with Crippen LogP contribution in [0.15, 0.2) is 18.2 Å². The number of benzene rings is 1. The highest BCUT2D eigenvalue weighted by Gasteiger charge is 2.25. The summed E-state index contributed by atoms with van der Waals surface area (Å²) in [6.07, 6.45) is 4.43. The Labute approximate surface area is 144 Å². The van der Waals surface area contributed by atoms with Crippen LogP contribution < -0.4 is 4.18 Å². The second-order valence-electron chi connectivity index (χ2n) is 6.95. The van der Waals surface area contributed by atoms with Gasteiger partial charge in [0, 0.05) is 6.07 Å². The molecule has 7 heteroatoms. The molecule has 0 aliphatic rings. The summed E-state index contributed by atoms with van der Waals surface area (Å²) >= 11 is 0. The summed E-state index contributed by atoms with van der Waals surface area (Å²) in [4.78, 5) is 10.6. The maximum absolute atomic E-state index is 12.0. The number of hydrogen-bond acceptors (Lipinski definition) is 5. The van der Waals surface area contributed by atoms with E-state index < -0.39 is 15.0 Å². The van der Waals surface area contributed by atoms with E-state index in [0.29, 0.717) is 6.42 Å². The first-order valence-electron chi connectivity index (χ1n) is 8.28. The molecule has 0 saturated heterocycles. The third-order valence-electron chi connectivity index (χ3n) is 3.74. The number of nitro benzene ring substituents is 1. The Bertz CT molecular complexity index is 662. The zero-order chi connectivity index (χ0) is 18.4. The molecule has 1 aromatic carbocycles. The van der Waals surface area contributed by atoms with Gasteiger partial charge in [0.2, 0.25) is 5.75 Å². The van der Waals surface area contributed by atoms with E-state index in [2.05, 4.69) is 6.92 Å². The Morgan fingerprint density at radius 2 is 1.75 bits per heavy atom. The molecule has 0 atom stereocenters. The van der Waals surface area contributed by atoms with E-state index in [1.165, 1.54) is 12.1 Å². The average Bonchev–Trinajstić information content (AvgIpc) is 2.45. The van der Waals surface area contributed by atoms with Gasteiger partial charge in [-0.15, -0.1) is 0 Å². The van der Waals surface area contributed by atoms with Crippen LogP contribution in [0.2, 0.25) is 0 Å². The van der Waals surface area contributed by atoms with Crippen molar-refractivity contribution >= 4 is 15.8 Å². The van der Waals surface area contributed by atoms with Crippen molar-refractivity contribution in [3.63, 3.8) is 0 Å². The van der Waals surface area contributed by atoms with Crippen molar-refractivity contribution < 1.29 is 17.5 Å². The molecule has 0 heterocycles. The molecule has 0 unspecified atom stereocenters. The van der Waals surface area contributed by atoms with Crippen LogP contribution in [0, 0.1) is 10.1 Å². The zero-order valence-corrected chi connectivity index (χ0v) is 15.7. The van der Waals surface area contributed by atoms with Crippen molar-refractivity contribution in [2.24, 2.45) is 0 Å². The second-order valence-corrected chi connectivity index (χ2v) is 8.64. The van der Waals surface area contributed by atoms with Crippen LogP contribution in [0.4, 0.5) is 5.69 Å². The van der Waals surface area contributed by atoms with Crippen LogP contribution in [0.3, 0.4) is 0 Å². The lowest BCUT2D eigenvalue weighted by Gasteiger charge is -2.19. The minimum Gasteiger partial charge on any atom is -0.375 e. The highest BCUT2D eigenvalue weighted by molar-refractivity contribution is 7.87. The number of hydrogen-bond donors (Lipinski definition) is 0. The molecule has 0 bridgehead atoms. The quantitative estimate of drug-likeness (QED) is 0.279. The fraction of sp³-hybridized carbons (Fsp3) is 0.647. The number of rotatable bonds is 9. The SMILES string of the molecule is CCCCCCCS(=O)(=O)Oc1ccc(C(C)(C)C)cc1[N+](=O)[O-]. The maximum Gasteiger partial charge on any atom is 0.312 e. The Kier molecular flexibility index (Phi) is 7.20. The Morgan fingerprint density at radius 3 is 2.29 bits per heavy atom. The van der Waals surface area contributed by atoms with Crippen molar-refractivity contribution in [3.05, 3.63) is 33.9 Å². The molecule has 0 spiro atoms. The van der Waals surface area contributed by atoms with E-state index in [1.807, 2.05) is 20.8 Å². The molecule has 0 fully saturated rings. The predicted octanol–water partition coefficient (Wildman–Crippen LogP) is 4.57. The first-order chi connectivity index (χ1) is 11.1. The molecule has 1 aromatic rings. The van der Waals surface area contributed by atoms with Gasteiger partial charge in [0.1, 0.15) is 0 Å². The lowest BCUT2D eigenvalue weighted by Crippen LogP contribution is -2.16. The molecule has 0 radical (unpaired) electrons. The van der Waals surface area contributed by atoms with E-state index in [9.17, 15) is 18.5 Å². The lowest BCUT2D eigenvalue weighted by molar-refractivity contribution is -0.385. The highest BCUT2D eigenvalue weighted by Crippen LogP contribution is 2.33. The molecule has 6 nitrogen and oxygen atoms in total. The monoisotopic (exact) mass is 357 g/mol. The summed E-state index contributed by atoms with van der Waals surface area (Å²) in [5, 5.41) is 11.2. The van der Waals surface area contributed by atoms with Crippen LogP contribution in [-0.4, -0.2) is 19.1 Å². The molecule has 0 aliphatic carbocycles. The van der Waals surface area contributed by atoms with Crippen molar-refractivity contribution in [1.29, 1.82) is 0 Å². The Morgan fingerprint density at radius 1 is 1.12 bits per heavy atom. The van der Waals surface area contributed by atoms with E-state index in [1.54, 1.807) is 6.07 Å². The van der Waals surface area contributed by atoms with Crippen molar-refractivity contribution in [3.8, 4) is 5.75 Å². The fourth-order valence-corrected chi connectivity index (χ4v) is 3.31. The molecule has 1 rings (SSSR count). The summed E-state index contributed by atoms with van der Waals surface area (Å²) in [6.45, 7) is 7.87. The molecule has 24 heavy (non-hydrogen) atoms. The number of nitrogens with zero attached hydrogens (tertiary/aromatic N) is 1. The Hall–Kier alpha value is -1.63. The largest absolute Gasteiger partial charge is 0.375 e. The van der Waals surface area contributed by atoms with Gasteiger partial charge in [-0.25, -0.2) is 0 Å². The van der Waals surface area contributed by atoms with Crippen molar-refractivity contribution in [2.45, 2.75) is 65.2 Å². The first kappa shape index (κ1) is 20.4. The zero-order valence-electron chi connectivity index (χ0n) is 14.9. The Balaban J connectivity index is 2.88. The van der Waals surface area contributed by atoms with Crippen LogP contribution >= 0.6 is 0 Å². The minimum atomic E-state index is -3.83. The maximum atomic E-state index is 12.0. The predicted molar refractivity (Wildman–Crippen MR) is 95.0 cm³/mol. The molecule has 0 saturated carbocycles. The standard InChI is InChI=1S/C17H27NO5S/c1-5-6-7-8-9-12-24(21,22)23-16-11-10-14(17(2,3)4)13-15(16)18(19)20/h10-11,13H,5-9,12H2,1-4H3. The van der Waals surface area contributed by atoms with Gasteiger partial charge >= 0.3 is 15.8 Å². The van der Waals surface area contributed by atoms with Gasteiger partial charge in [0.05, 0.1) is 10.7 Å². The van der Waals surface area contributed by atoms with Gasteiger partial charge in [0.15, 0.2) is 0 Å². The van der Waals surface area contributed by atoms with Crippen LogP contribution in [0.25, 0.3) is 0 Å². The van der Waals surface area contributed by atoms with Crippen molar-refractivity contribution in [2.75, 3.05) is 5.75 Å². The number of unbranched alkanes of at least 4 members (excludes halogenated alkanes) is 4. The van der Waals surface area contributed by atoms with Crippen LogP contribution in [0.1, 0.15) is 65.4 Å². The normalized spacial score (nSPS) is 12.2. The van der Waals surface area contributed by atoms with Gasteiger partial charge in [-0.3, -0.25) is 10.1 Å². The van der Waals surface area contributed by atoms with Crippen LogP contribution in [0.5, 0.6) is 5.75 Å². The van der Waals surface area contributed by atoms with Gasteiger partial charge in [-0.2, -0.15) is 8.42 Å². The summed E-state index contributed by atoms with van der Waals surface area (Å²) in [5.74, 6) is -0.351. The van der Waals surface area contributed by atoms with Gasteiger partial charge in [-0.1, -0.05) is 59.4 Å². The smallest absolute Gasteiger partial charge is 0.312 e. The lowest BCUT2D eigenvalue weighted by atomic mass is 9.87. The van der Waals surface area contributed by atoms with Gasteiger partial charge in [0.25, 0.3) is 0 Å². The van der Waals surface area contributed by atoms with Crippen molar-refractivity contribution in [1.82, 2.24) is 0 Å². The summed E-state index contributed by atoms with van der Waals surface area (Å²) in [6, 6.07) is 4.42. The summed E-state index contributed by atoms with van der Waals surface area (Å²) in [7, 11) is -3.83. The van der Waals surface area contributed by atoms with Gasteiger partial charge < -0.3 is 4.18 Å². The minimum absolute atomic E-state index is 0.130. The van der Waals surface area contributed by atoms with E-state index in [0.717, 1.165) is 31.2 Å². The van der Waals surface area contributed by atoms with Crippen LogP contribution in [-0.2, 0) is 15.5 Å². The summed E-state index contributed by atoms with van der Waals surface area (Å²) in [5.41, 5.74) is 0.150. The summed E-state index contributed by atoms with van der Waals surface area (Å²) < 4.78 is 29.1. The second kappa shape index (κ2) is 8.46. The molecule has 0 N–H and O–H groups in total. The third kappa shape index (κ3) is 6.47. The molecule has 136 valence electrons. The molecule has 0 amide bonds. The van der Waals surface area contributed by atoms with Gasteiger partial charge in [-0.05, 0) is 23.5 Å². The number of nitro groups is 1. The molecular weight excluding hydrogens is 330 g/mol.